The minimum Gasteiger partial charge on any atom is -0.478 e. The van der Waals surface area contributed by atoms with Crippen LogP contribution in [-0.2, 0) is 11.2 Å². The molecule has 150 valence electrons. The minimum atomic E-state index is 0.583. The summed E-state index contributed by atoms with van der Waals surface area (Å²) in [5.74, 6) is 3.15. The van der Waals surface area contributed by atoms with Crippen molar-refractivity contribution in [3.63, 3.8) is 0 Å². The molecule has 27 heavy (non-hydrogen) atoms. The lowest BCUT2D eigenvalue weighted by Gasteiger charge is -2.35. The van der Waals surface area contributed by atoms with Crippen LogP contribution in [0, 0.1) is 11.8 Å². The van der Waals surface area contributed by atoms with Crippen LogP contribution in [0.3, 0.4) is 0 Å². The number of hydrogen-bond acceptors (Lipinski definition) is 5. The second-order valence-electron chi connectivity index (χ2n) is 7.87. The summed E-state index contributed by atoms with van der Waals surface area (Å²) in [7, 11) is 1.91. The number of likely N-dealkylation sites (tertiary alicyclic amines) is 1. The number of hydrogen-bond donors (Lipinski definition) is 2. The number of unbranched alkanes of at least 4 members (excludes halogenated alkanes) is 1. The molecule has 3 rings (SSSR count). The zero-order valence-corrected chi connectivity index (χ0v) is 16.6. The van der Waals surface area contributed by atoms with Gasteiger partial charge in [0.1, 0.15) is 5.82 Å². The molecular formula is C21H34N4O2. The predicted molar refractivity (Wildman–Crippen MR) is 108 cm³/mol. The number of piperidine rings is 1. The van der Waals surface area contributed by atoms with Gasteiger partial charge in [0.05, 0.1) is 6.61 Å². The van der Waals surface area contributed by atoms with Gasteiger partial charge in [-0.25, -0.2) is 0 Å². The Morgan fingerprint density at radius 1 is 1.26 bits per heavy atom. The Kier molecular flexibility index (Phi) is 7.90. The summed E-state index contributed by atoms with van der Waals surface area (Å²) >= 11 is 0. The Balaban J connectivity index is 1.37. The third-order valence-electron chi connectivity index (χ3n) is 6.04. The molecular weight excluding hydrogens is 340 g/mol. The third kappa shape index (κ3) is 5.91. The molecule has 2 aliphatic rings. The second-order valence-corrected chi connectivity index (χ2v) is 7.87. The number of likely N-dealkylation sites (N-methyl/N-ethyl adjacent to an activating group) is 1. The number of pyridine rings is 1. The molecule has 1 saturated heterocycles. The standard InChI is InChI=1S/C21H34N4O2/c1-22-11-9-18-7-8-20(24-21(18)23-16-26)27-14-3-2-12-25-13-10-17-5-4-6-19(17)15-25/h7-8,16-17,19,22H,2-6,9-15H2,1H3,(H,23,24,26). The van der Waals surface area contributed by atoms with Gasteiger partial charge in [-0.3, -0.25) is 4.79 Å². The van der Waals surface area contributed by atoms with Gasteiger partial charge in [0.2, 0.25) is 12.3 Å². The van der Waals surface area contributed by atoms with E-state index in [0.717, 1.165) is 43.2 Å². The van der Waals surface area contributed by atoms with Crippen LogP contribution in [0.1, 0.15) is 44.1 Å². The Hall–Kier alpha value is -1.66. The highest BCUT2D eigenvalue weighted by Gasteiger charge is 2.32. The van der Waals surface area contributed by atoms with Crippen molar-refractivity contribution in [2.75, 3.05) is 45.2 Å². The van der Waals surface area contributed by atoms with E-state index in [1.54, 1.807) is 0 Å². The zero-order chi connectivity index (χ0) is 18.9. The SMILES string of the molecule is CNCCc1ccc(OCCCCN2CCC3CCCC3C2)nc1NC=O. The van der Waals surface area contributed by atoms with E-state index in [4.69, 9.17) is 4.74 Å². The highest BCUT2D eigenvalue weighted by atomic mass is 16.5. The van der Waals surface area contributed by atoms with Crippen molar-refractivity contribution in [1.82, 2.24) is 15.2 Å². The molecule has 2 heterocycles. The van der Waals surface area contributed by atoms with Gasteiger partial charge in [-0.05, 0) is 82.3 Å². The van der Waals surface area contributed by atoms with Gasteiger partial charge >= 0.3 is 0 Å². The van der Waals surface area contributed by atoms with Crippen molar-refractivity contribution < 1.29 is 9.53 Å². The maximum absolute atomic E-state index is 10.8. The molecule has 2 unspecified atom stereocenters. The molecule has 1 aromatic heterocycles. The molecule has 1 saturated carbocycles. The lowest BCUT2D eigenvalue weighted by Crippen LogP contribution is -2.38. The fourth-order valence-corrected chi connectivity index (χ4v) is 4.52. The number of aromatic nitrogens is 1. The predicted octanol–water partition coefficient (Wildman–Crippen LogP) is 2.69. The summed E-state index contributed by atoms with van der Waals surface area (Å²) in [6, 6.07) is 3.88. The van der Waals surface area contributed by atoms with E-state index in [9.17, 15) is 4.79 Å². The molecule has 2 N–H and O–H groups in total. The fraction of sp³-hybridized carbons (Fsp3) is 0.714. The van der Waals surface area contributed by atoms with Crippen molar-refractivity contribution in [3.05, 3.63) is 17.7 Å². The van der Waals surface area contributed by atoms with E-state index in [-0.39, 0.29) is 0 Å². The Labute approximate surface area is 163 Å². The monoisotopic (exact) mass is 374 g/mol. The third-order valence-corrected chi connectivity index (χ3v) is 6.04. The largest absolute Gasteiger partial charge is 0.478 e. The van der Waals surface area contributed by atoms with Crippen LogP contribution in [0.15, 0.2) is 12.1 Å². The van der Waals surface area contributed by atoms with Gasteiger partial charge < -0.3 is 20.3 Å². The molecule has 1 aliphatic carbocycles. The number of carbonyl (C=O) groups is 1. The lowest BCUT2D eigenvalue weighted by molar-refractivity contribution is -0.105. The smallest absolute Gasteiger partial charge is 0.215 e. The van der Waals surface area contributed by atoms with E-state index in [1.165, 1.54) is 45.3 Å². The van der Waals surface area contributed by atoms with Gasteiger partial charge in [0, 0.05) is 12.6 Å². The molecule has 2 atom stereocenters. The summed E-state index contributed by atoms with van der Waals surface area (Å²) in [4.78, 5) is 17.9. The van der Waals surface area contributed by atoms with Crippen LogP contribution in [-0.4, -0.2) is 56.1 Å². The van der Waals surface area contributed by atoms with Gasteiger partial charge in [-0.15, -0.1) is 0 Å². The lowest BCUT2D eigenvalue weighted by atomic mass is 9.88. The number of ether oxygens (including phenoxy) is 1. The topological polar surface area (TPSA) is 66.5 Å². The molecule has 2 fully saturated rings. The molecule has 1 amide bonds. The van der Waals surface area contributed by atoms with Crippen LogP contribution in [0.5, 0.6) is 5.88 Å². The van der Waals surface area contributed by atoms with Crippen molar-refractivity contribution in [3.8, 4) is 5.88 Å². The number of anilines is 1. The van der Waals surface area contributed by atoms with Gasteiger partial charge in [0.25, 0.3) is 0 Å². The normalized spacial score (nSPS) is 22.4. The second kappa shape index (κ2) is 10.6. The fourth-order valence-electron chi connectivity index (χ4n) is 4.52. The Morgan fingerprint density at radius 3 is 3.00 bits per heavy atom. The van der Waals surface area contributed by atoms with Crippen LogP contribution in [0.25, 0.3) is 0 Å². The van der Waals surface area contributed by atoms with Crippen molar-refractivity contribution >= 4 is 12.2 Å². The molecule has 6 heteroatoms. The molecule has 0 radical (unpaired) electrons. The van der Waals surface area contributed by atoms with E-state index in [2.05, 4.69) is 20.5 Å². The van der Waals surface area contributed by atoms with Gasteiger partial charge in [0.15, 0.2) is 0 Å². The first kappa shape index (κ1) is 20.1. The number of fused-ring (bicyclic) bond motifs is 1. The van der Waals surface area contributed by atoms with Gasteiger partial charge in [-0.2, -0.15) is 4.98 Å². The quantitative estimate of drug-likeness (QED) is 0.460. The number of nitrogens with zero attached hydrogens (tertiary/aromatic N) is 2. The van der Waals surface area contributed by atoms with Crippen molar-refractivity contribution in [2.24, 2.45) is 11.8 Å². The van der Waals surface area contributed by atoms with Crippen molar-refractivity contribution in [2.45, 2.75) is 44.9 Å². The summed E-state index contributed by atoms with van der Waals surface area (Å²) < 4.78 is 5.81. The summed E-state index contributed by atoms with van der Waals surface area (Å²) in [5, 5.41) is 5.79. The maximum Gasteiger partial charge on any atom is 0.215 e. The molecule has 1 aliphatic heterocycles. The first-order chi connectivity index (χ1) is 13.3. The Morgan fingerprint density at radius 2 is 2.15 bits per heavy atom. The average molecular weight is 375 g/mol. The van der Waals surface area contributed by atoms with Gasteiger partial charge in [-0.1, -0.05) is 12.8 Å². The summed E-state index contributed by atoms with van der Waals surface area (Å²) in [5.41, 5.74) is 1.01. The number of amides is 1. The summed E-state index contributed by atoms with van der Waals surface area (Å²) in [6.07, 6.45) is 9.43. The first-order valence-electron chi connectivity index (χ1n) is 10.5. The Bertz CT molecular complexity index is 596. The minimum absolute atomic E-state index is 0.583. The van der Waals surface area contributed by atoms with Crippen LogP contribution in [0.4, 0.5) is 5.82 Å². The average Bonchev–Trinajstić information content (AvgIpc) is 3.15. The number of nitrogens with one attached hydrogen (secondary N) is 2. The maximum atomic E-state index is 10.8. The van der Waals surface area contributed by atoms with Crippen LogP contribution >= 0.6 is 0 Å². The highest BCUT2D eigenvalue weighted by Crippen LogP contribution is 2.37. The molecule has 0 aromatic carbocycles. The number of carbonyl (C=O) groups excluding carboxylic acids is 1. The molecule has 0 spiro atoms. The first-order valence-corrected chi connectivity index (χ1v) is 10.5. The van der Waals surface area contributed by atoms with E-state index in [1.807, 2.05) is 19.2 Å². The molecule has 1 aromatic rings. The number of rotatable bonds is 11. The van der Waals surface area contributed by atoms with Crippen LogP contribution in [0.2, 0.25) is 0 Å². The molecule has 6 nitrogen and oxygen atoms in total. The van der Waals surface area contributed by atoms with Crippen LogP contribution < -0.4 is 15.4 Å². The highest BCUT2D eigenvalue weighted by molar-refractivity contribution is 5.71. The van der Waals surface area contributed by atoms with Crippen molar-refractivity contribution in [1.29, 1.82) is 0 Å². The van der Waals surface area contributed by atoms with E-state index >= 15 is 0 Å². The van der Waals surface area contributed by atoms with E-state index < -0.39 is 0 Å². The summed E-state index contributed by atoms with van der Waals surface area (Å²) in [6.45, 7) is 5.28. The molecule has 0 bridgehead atoms. The van der Waals surface area contributed by atoms with E-state index in [0.29, 0.717) is 24.7 Å². The zero-order valence-electron chi connectivity index (χ0n) is 16.6.